The SMILES string of the molecule is CCc1ccc(-c2[nH]c(=O)sc2CN2CCC(C)CC2)cc1. The fourth-order valence-electron chi connectivity index (χ4n) is 3.04. The summed E-state index contributed by atoms with van der Waals surface area (Å²) >= 11 is 1.36. The molecule has 0 bridgehead atoms. The molecular formula is C18H24N2OS. The molecule has 0 aliphatic carbocycles. The molecule has 2 aromatic rings. The fraction of sp³-hybridized carbons (Fsp3) is 0.500. The van der Waals surface area contributed by atoms with Crippen molar-refractivity contribution in [2.75, 3.05) is 13.1 Å². The molecule has 0 radical (unpaired) electrons. The molecule has 2 heterocycles. The Labute approximate surface area is 136 Å². The van der Waals surface area contributed by atoms with Crippen molar-refractivity contribution in [3.8, 4) is 11.3 Å². The van der Waals surface area contributed by atoms with Crippen LogP contribution in [0.25, 0.3) is 11.3 Å². The molecule has 0 amide bonds. The first-order valence-electron chi connectivity index (χ1n) is 8.19. The van der Waals surface area contributed by atoms with Gasteiger partial charge in [-0.15, -0.1) is 0 Å². The number of nitrogens with one attached hydrogen (secondary N) is 1. The van der Waals surface area contributed by atoms with Crippen LogP contribution in [0.4, 0.5) is 0 Å². The number of benzene rings is 1. The van der Waals surface area contributed by atoms with E-state index in [2.05, 4.69) is 48.0 Å². The lowest BCUT2D eigenvalue weighted by Gasteiger charge is -2.29. The zero-order valence-electron chi connectivity index (χ0n) is 13.4. The van der Waals surface area contributed by atoms with Gasteiger partial charge in [-0.3, -0.25) is 9.69 Å². The lowest BCUT2D eigenvalue weighted by Crippen LogP contribution is -2.32. The van der Waals surface area contributed by atoms with Gasteiger partial charge in [0, 0.05) is 11.4 Å². The molecule has 0 saturated carbocycles. The minimum atomic E-state index is 0.0509. The van der Waals surface area contributed by atoms with Gasteiger partial charge in [0.1, 0.15) is 0 Å². The fourth-order valence-corrected chi connectivity index (χ4v) is 3.93. The molecule has 1 aliphatic rings. The van der Waals surface area contributed by atoms with Gasteiger partial charge in [0.25, 0.3) is 0 Å². The summed E-state index contributed by atoms with van der Waals surface area (Å²) in [5.41, 5.74) is 3.46. The van der Waals surface area contributed by atoms with Crippen LogP contribution in [0.15, 0.2) is 29.1 Å². The summed E-state index contributed by atoms with van der Waals surface area (Å²) in [5.74, 6) is 0.835. The summed E-state index contributed by atoms with van der Waals surface area (Å²) in [6, 6.07) is 8.55. The van der Waals surface area contributed by atoms with E-state index in [0.29, 0.717) is 0 Å². The highest BCUT2D eigenvalue weighted by atomic mass is 32.1. The highest BCUT2D eigenvalue weighted by Gasteiger charge is 2.19. The molecule has 0 spiro atoms. The summed E-state index contributed by atoms with van der Waals surface area (Å²) in [6.45, 7) is 7.65. The Morgan fingerprint density at radius 1 is 1.23 bits per heavy atom. The van der Waals surface area contributed by atoms with Crippen molar-refractivity contribution < 1.29 is 0 Å². The first kappa shape index (κ1) is 15.5. The standard InChI is InChI=1S/C18H24N2OS/c1-3-14-4-6-15(7-5-14)17-16(22-18(21)19-17)12-20-10-8-13(2)9-11-20/h4-7,13H,3,8-12H2,1-2H3,(H,19,21). The second kappa shape index (κ2) is 6.80. The van der Waals surface area contributed by atoms with Gasteiger partial charge < -0.3 is 4.98 Å². The van der Waals surface area contributed by atoms with E-state index >= 15 is 0 Å². The number of hydrogen-bond acceptors (Lipinski definition) is 3. The molecule has 1 N–H and O–H groups in total. The molecule has 118 valence electrons. The van der Waals surface area contributed by atoms with E-state index in [9.17, 15) is 4.79 Å². The number of nitrogens with zero attached hydrogens (tertiary/aromatic N) is 1. The summed E-state index contributed by atoms with van der Waals surface area (Å²) in [7, 11) is 0. The highest BCUT2D eigenvalue weighted by molar-refractivity contribution is 7.09. The van der Waals surface area contributed by atoms with Crippen molar-refractivity contribution in [1.82, 2.24) is 9.88 Å². The smallest absolute Gasteiger partial charge is 0.305 e. The van der Waals surface area contributed by atoms with Crippen LogP contribution in [0, 0.1) is 5.92 Å². The van der Waals surface area contributed by atoms with Gasteiger partial charge in [0.05, 0.1) is 5.69 Å². The van der Waals surface area contributed by atoms with Crippen molar-refractivity contribution in [3.63, 3.8) is 0 Å². The van der Waals surface area contributed by atoms with Gasteiger partial charge >= 0.3 is 4.87 Å². The molecule has 22 heavy (non-hydrogen) atoms. The zero-order valence-corrected chi connectivity index (χ0v) is 14.2. The average molecular weight is 316 g/mol. The summed E-state index contributed by atoms with van der Waals surface area (Å²) < 4.78 is 0. The minimum Gasteiger partial charge on any atom is -0.312 e. The Balaban J connectivity index is 1.81. The number of piperidine rings is 1. The van der Waals surface area contributed by atoms with Crippen LogP contribution in [-0.2, 0) is 13.0 Å². The average Bonchev–Trinajstić information content (AvgIpc) is 2.90. The predicted octanol–water partition coefficient (Wildman–Crippen LogP) is 3.90. The number of H-pyrrole nitrogens is 1. The Morgan fingerprint density at radius 2 is 1.91 bits per heavy atom. The topological polar surface area (TPSA) is 36.1 Å². The van der Waals surface area contributed by atoms with E-state index in [0.717, 1.165) is 43.2 Å². The molecular weight excluding hydrogens is 292 g/mol. The third-order valence-electron chi connectivity index (χ3n) is 4.62. The summed E-state index contributed by atoms with van der Waals surface area (Å²) in [5, 5.41) is 0. The van der Waals surface area contributed by atoms with Crippen molar-refractivity contribution in [3.05, 3.63) is 44.4 Å². The molecule has 0 atom stereocenters. The van der Waals surface area contributed by atoms with E-state index in [1.807, 2.05) is 0 Å². The third kappa shape index (κ3) is 3.50. The zero-order chi connectivity index (χ0) is 15.5. The van der Waals surface area contributed by atoms with Crippen LogP contribution in [0.5, 0.6) is 0 Å². The van der Waals surface area contributed by atoms with E-state index in [1.165, 1.54) is 34.6 Å². The van der Waals surface area contributed by atoms with Crippen LogP contribution in [-0.4, -0.2) is 23.0 Å². The number of aryl methyl sites for hydroxylation is 1. The number of aromatic amines is 1. The maximum absolute atomic E-state index is 11.8. The van der Waals surface area contributed by atoms with Crippen LogP contribution >= 0.6 is 11.3 Å². The first-order chi connectivity index (χ1) is 10.7. The van der Waals surface area contributed by atoms with E-state index in [1.54, 1.807) is 0 Å². The third-order valence-corrected chi connectivity index (χ3v) is 5.48. The quantitative estimate of drug-likeness (QED) is 0.928. The second-order valence-corrected chi connectivity index (χ2v) is 7.39. The molecule has 1 aliphatic heterocycles. The van der Waals surface area contributed by atoms with Crippen molar-refractivity contribution >= 4 is 11.3 Å². The second-order valence-electron chi connectivity index (χ2n) is 6.32. The molecule has 1 aromatic heterocycles. The van der Waals surface area contributed by atoms with Crippen LogP contribution in [0.3, 0.4) is 0 Å². The van der Waals surface area contributed by atoms with E-state index < -0.39 is 0 Å². The molecule has 1 saturated heterocycles. The number of hydrogen-bond donors (Lipinski definition) is 1. The van der Waals surface area contributed by atoms with Crippen LogP contribution in [0.2, 0.25) is 0 Å². The van der Waals surface area contributed by atoms with Gasteiger partial charge in [-0.2, -0.15) is 0 Å². The van der Waals surface area contributed by atoms with Crippen molar-refractivity contribution in [2.24, 2.45) is 5.92 Å². The predicted molar refractivity (Wildman–Crippen MR) is 93.4 cm³/mol. The molecule has 3 rings (SSSR count). The maximum Gasteiger partial charge on any atom is 0.305 e. The minimum absolute atomic E-state index is 0.0509. The number of aromatic nitrogens is 1. The maximum atomic E-state index is 11.8. The molecule has 1 aromatic carbocycles. The van der Waals surface area contributed by atoms with E-state index in [4.69, 9.17) is 0 Å². The lowest BCUT2D eigenvalue weighted by atomic mass is 9.99. The molecule has 1 fully saturated rings. The van der Waals surface area contributed by atoms with Gasteiger partial charge in [-0.25, -0.2) is 0 Å². The molecule has 3 nitrogen and oxygen atoms in total. The lowest BCUT2D eigenvalue weighted by molar-refractivity contribution is 0.187. The van der Waals surface area contributed by atoms with Crippen LogP contribution < -0.4 is 4.87 Å². The monoisotopic (exact) mass is 316 g/mol. The Morgan fingerprint density at radius 3 is 2.55 bits per heavy atom. The van der Waals surface area contributed by atoms with Gasteiger partial charge in [-0.1, -0.05) is 49.4 Å². The Hall–Kier alpha value is -1.39. The van der Waals surface area contributed by atoms with Gasteiger partial charge in [0.15, 0.2) is 0 Å². The number of likely N-dealkylation sites (tertiary alicyclic amines) is 1. The molecule has 0 unspecified atom stereocenters. The molecule has 4 heteroatoms. The van der Waals surface area contributed by atoms with Crippen molar-refractivity contribution in [2.45, 2.75) is 39.7 Å². The number of rotatable bonds is 4. The van der Waals surface area contributed by atoms with Gasteiger partial charge in [-0.05, 0) is 49.4 Å². The highest BCUT2D eigenvalue weighted by Crippen LogP contribution is 2.26. The van der Waals surface area contributed by atoms with Gasteiger partial charge in [0.2, 0.25) is 0 Å². The van der Waals surface area contributed by atoms with E-state index in [-0.39, 0.29) is 4.87 Å². The Bertz CT molecular complexity index is 663. The Kier molecular flexibility index (Phi) is 4.79. The summed E-state index contributed by atoms with van der Waals surface area (Å²) in [4.78, 5) is 18.6. The normalized spacial score (nSPS) is 17.0. The van der Waals surface area contributed by atoms with Crippen molar-refractivity contribution in [1.29, 1.82) is 0 Å². The largest absolute Gasteiger partial charge is 0.312 e. The number of thiazole rings is 1. The van der Waals surface area contributed by atoms with Crippen LogP contribution in [0.1, 0.15) is 37.1 Å². The summed E-state index contributed by atoms with van der Waals surface area (Å²) in [6.07, 6.45) is 3.57. The first-order valence-corrected chi connectivity index (χ1v) is 9.01.